The number of hydrogen-bond donors (Lipinski definition) is 2. The summed E-state index contributed by atoms with van der Waals surface area (Å²) < 4.78 is 0. The lowest BCUT2D eigenvalue weighted by Gasteiger charge is -2.02. The standard InChI is InChI=1S/C14H27N3/c1-3-5-7-9-12-13(10-8-6-4-2)17-14(11-15)16-12/h3-11,15H2,1-2H3,(H,16,17). The number of hydrogen-bond acceptors (Lipinski definition) is 2. The Kier molecular flexibility index (Phi) is 6.94. The van der Waals surface area contributed by atoms with Crippen LogP contribution in [0.4, 0.5) is 0 Å². The predicted molar refractivity (Wildman–Crippen MR) is 72.9 cm³/mol. The van der Waals surface area contributed by atoms with Crippen molar-refractivity contribution in [2.45, 2.75) is 71.8 Å². The second kappa shape index (κ2) is 8.29. The molecular weight excluding hydrogens is 210 g/mol. The molecule has 3 nitrogen and oxygen atoms in total. The Balaban J connectivity index is 2.54. The first-order valence-corrected chi connectivity index (χ1v) is 7.08. The Morgan fingerprint density at radius 1 is 1.00 bits per heavy atom. The number of rotatable bonds is 9. The maximum absolute atomic E-state index is 5.65. The van der Waals surface area contributed by atoms with Gasteiger partial charge in [-0.1, -0.05) is 39.5 Å². The van der Waals surface area contributed by atoms with E-state index >= 15 is 0 Å². The zero-order valence-electron chi connectivity index (χ0n) is 11.4. The third-order valence-corrected chi connectivity index (χ3v) is 3.15. The first-order valence-electron chi connectivity index (χ1n) is 7.08. The van der Waals surface area contributed by atoms with Crippen molar-refractivity contribution in [1.29, 1.82) is 0 Å². The molecule has 0 saturated carbocycles. The molecule has 0 aromatic carbocycles. The van der Waals surface area contributed by atoms with Crippen molar-refractivity contribution in [1.82, 2.24) is 9.97 Å². The molecule has 0 atom stereocenters. The van der Waals surface area contributed by atoms with E-state index in [1.54, 1.807) is 0 Å². The molecule has 1 aromatic heterocycles. The minimum Gasteiger partial charge on any atom is -0.345 e. The van der Waals surface area contributed by atoms with Gasteiger partial charge in [0, 0.05) is 5.69 Å². The van der Waals surface area contributed by atoms with Crippen LogP contribution < -0.4 is 5.73 Å². The third-order valence-electron chi connectivity index (χ3n) is 3.15. The molecule has 0 aliphatic heterocycles. The normalized spacial score (nSPS) is 11.0. The molecule has 0 aliphatic carbocycles. The molecular formula is C14H27N3. The van der Waals surface area contributed by atoms with Gasteiger partial charge in [0.15, 0.2) is 0 Å². The van der Waals surface area contributed by atoms with Gasteiger partial charge in [0.25, 0.3) is 0 Å². The van der Waals surface area contributed by atoms with Crippen LogP contribution >= 0.6 is 0 Å². The van der Waals surface area contributed by atoms with Gasteiger partial charge in [-0.25, -0.2) is 4.98 Å². The molecule has 0 fully saturated rings. The molecule has 0 amide bonds. The van der Waals surface area contributed by atoms with Crippen LogP contribution in [0.1, 0.15) is 69.6 Å². The van der Waals surface area contributed by atoms with Gasteiger partial charge in [-0.2, -0.15) is 0 Å². The van der Waals surface area contributed by atoms with Crippen LogP contribution in [0.5, 0.6) is 0 Å². The minimum atomic E-state index is 0.522. The van der Waals surface area contributed by atoms with E-state index in [-0.39, 0.29) is 0 Å². The Morgan fingerprint density at radius 2 is 1.65 bits per heavy atom. The lowest BCUT2D eigenvalue weighted by atomic mass is 10.1. The zero-order chi connectivity index (χ0) is 12.5. The smallest absolute Gasteiger partial charge is 0.120 e. The van der Waals surface area contributed by atoms with E-state index in [1.165, 1.54) is 49.9 Å². The number of nitrogens with zero attached hydrogens (tertiary/aromatic N) is 1. The molecule has 1 heterocycles. The monoisotopic (exact) mass is 237 g/mol. The summed E-state index contributed by atoms with van der Waals surface area (Å²) in [5, 5.41) is 0. The predicted octanol–water partition coefficient (Wildman–Crippen LogP) is 3.33. The van der Waals surface area contributed by atoms with E-state index in [4.69, 9.17) is 5.73 Å². The second-order valence-corrected chi connectivity index (χ2v) is 4.73. The van der Waals surface area contributed by atoms with Crippen molar-refractivity contribution in [3.8, 4) is 0 Å². The highest BCUT2D eigenvalue weighted by Crippen LogP contribution is 2.14. The summed E-state index contributed by atoms with van der Waals surface area (Å²) >= 11 is 0. The zero-order valence-corrected chi connectivity index (χ0v) is 11.4. The third kappa shape index (κ3) is 4.90. The molecule has 1 aromatic rings. The van der Waals surface area contributed by atoms with Crippen molar-refractivity contribution >= 4 is 0 Å². The average Bonchev–Trinajstić information content (AvgIpc) is 2.73. The van der Waals surface area contributed by atoms with Crippen molar-refractivity contribution in [2.24, 2.45) is 5.73 Å². The number of H-pyrrole nitrogens is 1. The SMILES string of the molecule is CCCCCc1nc(CN)[nH]c1CCCCC. The molecule has 3 N–H and O–H groups in total. The summed E-state index contributed by atoms with van der Waals surface area (Å²) in [6.07, 6.45) is 9.84. The van der Waals surface area contributed by atoms with Crippen molar-refractivity contribution in [3.05, 3.63) is 17.2 Å². The van der Waals surface area contributed by atoms with Gasteiger partial charge in [-0.3, -0.25) is 0 Å². The number of aromatic amines is 1. The Morgan fingerprint density at radius 3 is 2.24 bits per heavy atom. The number of nitrogens with two attached hydrogens (primary N) is 1. The van der Waals surface area contributed by atoms with Crippen LogP contribution in [0.25, 0.3) is 0 Å². The van der Waals surface area contributed by atoms with Gasteiger partial charge in [0.2, 0.25) is 0 Å². The van der Waals surface area contributed by atoms with Crippen molar-refractivity contribution < 1.29 is 0 Å². The van der Waals surface area contributed by atoms with E-state index < -0.39 is 0 Å². The molecule has 3 heteroatoms. The molecule has 17 heavy (non-hydrogen) atoms. The topological polar surface area (TPSA) is 54.7 Å². The quantitative estimate of drug-likeness (QED) is 0.647. The van der Waals surface area contributed by atoms with Gasteiger partial charge < -0.3 is 10.7 Å². The number of nitrogens with one attached hydrogen (secondary N) is 1. The lowest BCUT2D eigenvalue weighted by molar-refractivity contribution is 0.683. The molecule has 1 rings (SSSR count). The molecule has 0 spiro atoms. The van der Waals surface area contributed by atoms with Crippen LogP contribution in [0, 0.1) is 0 Å². The van der Waals surface area contributed by atoms with Crippen molar-refractivity contribution in [3.63, 3.8) is 0 Å². The van der Waals surface area contributed by atoms with E-state index in [1.807, 2.05) is 0 Å². The lowest BCUT2D eigenvalue weighted by Crippen LogP contribution is -1.98. The van der Waals surface area contributed by atoms with Gasteiger partial charge in [0.05, 0.1) is 12.2 Å². The Labute approximate surface area is 105 Å². The van der Waals surface area contributed by atoms with Crippen LogP contribution in [0.15, 0.2) is 0 Å². The van der Waals surface area contributed by atoms with Crippen LogP contribution in [0.3, 0.4) is 0 Å². The van der Waals surface area contributed by atoms with Crippen molar-refractivity contribution in [2.75, 3.05) is 0 Å². The summed E-state index contributed by atoms with van der Waals surface area (Å²) in [7, 11) is 0. The van der Waals surface area contributed by atoms with E-state index in [9.17, 15) is 0 Å². The van der Waals surface area contributed by atoms with Gasteiger partial charge in [-0.15, -0.1) is 0 Å². The van der Waals surface area contributed by atoms with Crippen LogP contribution in [-0.4, -0.2) is 9.97 Å². The fourth-order valence-electron chi connectivity index (χ4n) is 2.11. The summed E-state index contributed by atoms with van der Waals surface area (Å²) in [5.74, 6) is 0.947. The summed E-state index contributed by atoms with van der Waals surface area (Å²) in [6, 6.07) is 0. The number of aryl methyl sites for hydroxylation is 2. The highest BCUT2D eigenvalue weighted by molar-refractivity contribution is 5.15. The second-order valence-electron chi connectivity index (χ2n) is 4.73. The Bertz CT molecular complexity index is 277. The fraction of sp³-hybridized carbons (Fsp3) is 0.786. The van der Waals surface area contributed by atoms with E-state index in [0.29, 0.717) is 6.54 Å². The van der Waals surface area contributed by atoms with Gasteiger partial charge in [-0.05, 0) is 25.7 Å². The Hall–Kier alpha value is -0.830. The van der Waals surface area contributed by atoms with Crippen LogP contribution in [0.2, 0.25) is 0 Å². The molecule has 0 aliphatic rings. The number of unbranched alkanes of at least 4 members (excludes halogenated alkanes) is 4. The fourth-order valence-corrected chi connectivity index (χ4v) is 2.11. The average molecular weight is 237 g/mol. The molecule has 0 saturated heterocycles. The summed E-state index contributed by atoms with van der Waals surface area (Å²) in [5.41, 5.74) is 8.24. The first kappa shape index (κ1) is 14.2. The largest absolute Gasteiger partial charge is 0.345 e. The number of imidazole rings is 1. The molecule has 0 radical (unpaired) electrons. The summed E-state index contributed by atoms with van der Waals surface area (Å²) in [6.45, 7) is 4.99. The maximum atomic E-state index is 5.65. The maximum Gasteiger partial charge on any atom is 0.120 e. The highest BCUT2D eigenvalue weighted by atomic mass is 15.0. The van der Waals surface area contributed by atoms with E-state index in [0.717, 1.165) is 18.7 Å². The first-order chi connectivity index (χ1) is 8.31. The number of aromatic nitrogens is 2. The van der Waals surface area contributed by atoms with Gasteiger partial charge in [0.1, 0.15) is 5.82 Å². The molecule has 0 bridgehead atoms. The molecule has 0 unspecified atom stereocenters. The van der Waals surface area contributed by atoms with Crippen LogP contribution in [-0.2, 0) is 19.4 Å². The molecule has 98 valence electrons. The van der Waals surface area contributed by atoms with Gasteiger partial charge >= 0.3 is 0 Å². The summed E-state index contributed by atoms with van der Waals surface area (Å²) in [4.78, 5) is 7.98. The highest BCUT2D eigenvalue weighted by Gasteiger charge is 2.08. The van der Waals surface area contributed by atoms with E-state index in [2.05, 4.69) is 23.8 Å². The minimum absolute atomic E-state index is 0.522.